The van der Waals surface area contributed by atoms with Crippen molar-refractivity contribution in [2.24, 2.45) is 11.8 Å². The number of hydrogen-bond acceptors (Lipinski definition) is 3. The van der Waals surface area contributed by atoms with Crippen LogP contribution in [-0.2, 0) is 22.2 Å². The summed E-state index contributed by atoms with van der Waals surface area (Å²) in [5.41, 5.74) is -0.859. The molecule has 0 spiro atoms. The minimum atomic E-state index is -4.50. The van der Waals surface area contributed by atoms with Crippen LogP contribution >= 0.6 is 0 Å². The SMILES string of the molecule is O=C1C2CC2C(=O)N1CC(O)Cc1ccccc1C(F)(F)F. The third-order valence-corrected chi connectivity index (χ3v) is 4.13. The summed E-state index contributed by atoms with van der Waals surface area (Å²) in [5, 5.41) is 9.98. The zero-order valence-electron chi connectivity index (χ0n) is 11.5. The molecule has 1 saturated heterocycles. The van der Waals surface area contributed by atoms with E-state index in [1.807, 2.05) is 0 Å². The van der Waals surface area contributed by atoms with E-state index in [1.54, 1.807) is 0 Å². The minimum absolute atomic E-state index is 0.0493. The second-order valence-corrected chi connectivity index (χ2v) is 5.75. The molecule has 1 aliphatic carbocycles. The molecule has 7 heteroatoms. The number of likely N-dealkylation sites (tertiary alicyclic amines) is 1. The van der Waals surface area contributed by atoms with Crippen molar-refractivity contribution >= 4 is 11.8 Å². The average Bonchev–Trinajstić information content (AvgIpc) is 3.19. The Morgan fingerprint density at radius 2 is 1.77 bits per heavy atom. The fourth-order valence-corrected chi connectivity index (χ4v) is 2.93. The van der Waals surface area contributed by atoms with Gasteiger partial charge in [0.25, 0.3) is 0 Å². The number of hydrogen-bond donors (Lipinski definition) is 1. The number of alkyl halides is 3. The molecular weight excluding hydrogens is 299 g/mol. The Labute approximate surface area is 124 Å². The maximum atomic E-state index is 12.9. The minimum Gasteiger partial charge on any atom is -0.391 e. The first-order chi connectivity index (χ1) is 10.3. The molecule has 1 heterocycles. The predicted molar refractivity (Wildman–Crippen MR) is 69.5 cm³/mol. The number of benzene rings is 1. The highest BCUT2D eigenvalue weighted by molar-refractivity contribution is 6.08. The van der Waals surface area contributed by atoms with Crippen molar-refractivity contribution in [1.29, 1.82) is 0 Å². The number of carbonyl (C=O) groups excluding carboxylic acids is 2. The van der Waals surface area contributed by atoms with Crippen molar-refractivity contribution < 1.29 is 27.9 Å². The Kier molecular flexibility index (Phi) is 3.47. The van der Waals surface area contributed by atoms with Crippen molar-refractivity contribution in [2.75, 3.05) is 6.54 Å². The maximum Gasteiger partial charge on any atom is 0.416 e. The Bertz CT molecular complexity index is 609. The summed E-state index contributed by atoms with van der Waals surface area (Å²) in [4.78, 5) is 24.5. The maximum absolute atomic E-state index is 12.9. The molecule has 3 rings (SSSR count). The molecule has 2 aliphatic rings. The number of amides is 2. The standard InChI is InChI=1S/C15H14F3NO3/c16-15(17,18)12-4-2-1-3-8(12)5-9(20)7-19-13(21)10-6-11(10)14(19)22/h1-4,9-11,20H,5-7H2. The van der Waals surface area contributed by atoms with Crippen molar-refractivity contribution in [3.8, 4) is 0 Å². The molecule has 3 unspecified atom stereocenters. The Balaban J connectivity index is 1.69. The number of nitrogens with zero attached hydrogens (tertiary/aromatic N) is 1. The smallest absolute Gasteiger partial charge is 0.391 e. The topological polar surface area (TPSA) is 57.6 Å². The van der Waals surface area contributed by atoms with Gasteiger partial charge in [-0.15, -0.1) is 0 Å². The molecule has 0 aromatic heterocycles. The summed E-state index contributed by atoms with van der Waals surface area (Å²) in [6.45, 7) is -0.253. The molecule has 3 atom stereocenters. The van der Waals surface area contributed by atoms with Gasteiger partial charge in [-0.3, -0.25) is 14.5 Å². The highest BCUT2D eigenvalue weighted by atomic mass is 19.4. The van der Waals surface area contributed by atoms with Crippen molar-refractivity contribution in [3.05, 3.63) is 35.4 Å². The first-order valence-corrected chi connectivity index (χ1v) is 6.97. The summed E-state index contributed by atoms with van der Waals surface area (Å²) in [5.74, 6) is -1.19. The number of β-amino-alcohol motifs (C(OH)–C–C–N with tert-alkyl or cyclic N) is 1. The number of halogens is 3. The Morgan fingerprint density at radius 3 is 2.36 bits per heavy atom. The summed E-state index contributed by atoms with van der Waals surface area (Å²) < 4.78 is 38.7. The van der Waals surface area contributed by atoms with Gasteiger partial charge in [0.2, 0.25) is 11.8 Å². The molecule has 2 fully saturated rings. The molecule has 4 nitrogen and oxygen atoms in total. The summed E-state index contributed by atoms with van der Waals surface area (Å²) in [6, 6.07) is 4.97. The van der Waals surface area contributed by atoms with Crippen LogP contribution in [0, 0.1) is 11.8 Å². The van der Waals surface area contributed by atoms with Gasteiger partial charge >= 0.3 is 6.18 Å². The van der Waals surface area contributed by atoms with E-state index in [0.29, 0.717) is 6.42 Å². The third kappa shape index (κ3) is 2.61. The number of piperidine rings is 1. The fraction of sp³-hybridized carbons (Fsp3) is 0.467. The molecule has 0 bridgehead atoms. The van der Waals surface area contributed by atoms with Crippen LogP contribution in [0.5, 0.6) is 0 Å². The van der Waals surface area contributed by atoms with Crippen LogP contribution in [0.25, 0.3) is 0 Å². The van der Waals surface area contributed by atoms with Crippen LogP contribution in [0.4, 0.5) is 13.2 Å². The number of aliphatic hydroxyl groups excluding tert-OH is 1. The second-order valence-electron chi connectivity index (χ2n) is 5.75. The van der Waals surface area contributed by atoms with Crippen LogP contribution in [0.15, 0.2) is 24.3 Å². The fourth-order valence-electron chi connectivity index (χ4n) is 2.93. The highest BCUT2D eigenvalue weighted by Gasteiger charge is 2.58. The molecule has 1 N–H and O–H groups in total. The lowest BCUT2D eigenvalue weighted by Gasteiger charge is -2.21. The number of carbonyl (C=O) groups is 2. The normalized spacial score (nSPS) is 25.4. The monoisotopic (exact) mass is 313 g/mol. The van der Waals surface area contributed by atoms with Gasteiger partial charge in [0.15, 0.2) is 0 Å². The number of imide groups is 1. The van der Waals surface area contributed by atoms with E-state index in [2.05, 4.69) is 0 Å². The number of rotatable bonds is 4. The van der Waals surface area contributed by atoms with E-state index < -0.39 is 17.8 Å². The lowest BCUT2D eigenvalue weighted by Crippen LogP contribution is -2.39. The van der Waals surface area contributed by atoms with E-state index in [-0.39, 0.29) is 42.2 Å². The summed E-state index contributed by atoms with van der Waals surface area (Å²) in [7, 11) is 0. The first kappa shape index (κ1) is 15.0. The molecule has 1 aliphatic heterocycles. The lowest BCUT2D eigenvalue weighted by molar-refractivity contribution is -0.143. The first-order valence-electron chi connectivity index (χ1n) is 6.97. The zero-order valence-corrected chi connectivity index (χ0v) is 11.5. The molecule has 1 saturated carbocycles. The molecule has 2 amide bonds. The largest absolute Gasteiger partial charge is 0.416 e. The van der Waals surface area contributed by atoms with Gasteiger partial charge in [-0.1, -0.05) is 18.2 Å². The quantitative estimate of drug-likeness (QED) is 0.859. The Hall–Kier alpha value is -1.89. The van der Waals surface area contributed by atoms with Crippen LogP contribution in [0.3, 0.4) is 0 Å². The van der Waals surface area contributed by atoms with Crippen LogP contribution < -0.4 is 0 Å². The molecule has 1 aromatic carbocycles. The molecule has 118 valence electrons. The van der Waals surface area contributed by atoms with Crippen molar-refractivity contribution in [2.45, 2.75) is 25.1 Å². The number of aliphatic hydroxyl groups is 1. The van der Waals surface area contributed by atoms with Gasteiger partial charge in [-0.05, 0) is 18.1 Å². The van der Waals surface area contributed by atoms with Gasteiger partial charge in [0.05, 0.1) is 30.0 Å². The van der Waals surface area contributed by atoms with Gasteiger partial charge in [0.1, 0.15) is 0 Å². The van der Waals surface area contributed by atoms with Gasteiger partial charge in [-0.2, -0.15) is 13.2 Å². The summed E-state index contributed by atoms with van der Waals surface area (Å²) in [6.07, 6.45) is -5.42. The van der Waals surface area contributed by atoms with E-state index in [1.165, 1.54) is 18.2 Å². The van der Waals surface area contributed by atoms with E-state index in [0.717, 1.165) is 11.0 Å². The third-order valence-electron chi connectivity index (χ3n) is 4.13. The average molecular weight is 313 g/mol. The zero-order chi connectivity index (χ0) is 16.1. The molecule has 1 aromatic rings. The predicted octanol–water partition coefficient (Wildman–Crippen LogP) is 1.61. The van der Waals surface area contributed by atoms with E-state index in [4.69, 9.17) is 0 Å². The van der Waals surface area contributed by atoms with Gasteiger partial charge in [0, 0.05) is 6.42 Å². The molecular formula is C15H14F3NO3. The van der Waals surface area contributed by atoms with Crippen LogP contribution in [-0.4, -0.2) is 34.5 Å². The van der Waals surface area contributed by atoms with Crippen LogP contribution in [0.1, 0.15) is 17.5 Å². The van der Waals surface area contributed by atoms with Gasteiger partial charge < -0.3 is 5.11 Å². The van der Waals surface area contributed by atoms with E-state index >= 15 is 0 Å². The Morgan fingerprint density at radius 1 is 1.18 bits per heavy atom. The lowest BCUT2D eigenvalue weighted by atomic mass is 10.0. The number of fused-ring (bicyclic) bond motifs is 1. The summed E-state index contributed by atoms with van der Waals surface area (Å²) >= 11 is 0. The van der Waals surface area contributed by atoms with Crippen LogP contribution in [0.2, 0.25) is 0 Å². The van der Waals surface area contributed by atoms with Crippen molar-refractivity contribution in [1.82, 2.24) is 4.90 Å². The highest BCUT2D eigenvalue weighted by Crippen LogP contribution is 2.47. The van der Waals surface area contributed by atoms with Crippen molar-refractivity contribution in [3.63, 3.8) is 0 Å². The molecule has 22 heavy (non-hydrogen) atoms. The van der Waals surface area contributed by atoms with E-state index in [9.17, 15) is 27.9 Å². The molecule has 0 radical (unpaired) electrons. The van der Waals surface area contributed by atoms with Gasteiger partial charge in [-0.25, -0.2) is 0 Å². The second kappa shape index (κ2) is 5.08.